The summed E-state index contributed by atoms with van der Waals surface area (Å²) in [5, 5.41) is 13.0. The maximum atomic E-state index is 13.9. The molecule has 3 saturated carbocycles. The van der Waals surface area contributed by atoms with Gasteiger partial charge in [0.05, 0.1) is 34.3 Å². The van der Waals surface area contributed by atoms with Crippen molar-refractivity contribution in [2.75, 3.05) is 64.4 Å². The summed E-state index contributed by atoms with van der Waals surface area (Å²) in [6.45, 7) is 13.8. The lowest BCUT2D eigenvalue weighted by Gasteiger charge is -2.72. The van der Waals surface area contributed by atoms with Crippen LogP contribution in [0.4, 0.5) is 11.4 Å². The van der Waals surface area contributed by atoms with Gasteiger partial charge < -0.3 is 24.3 Å². The molecule has 4 aromatic rings. The summed E-state index contributed by atoms with van der Waals surface area (Å²) in [7, 11) is -2.53. The van der Waals surface area contributed by atoms with E-state index in [1.807, 2.05) is 19.2 Å². The number of ether oxygens (including phenoxy) is 2. The van der Waals surface area contributed by atoms with Crippen LogP contribution in [-0.4, -0.2) is 105 Å². The van der Waals surface area contributed by atoms with E-state index in [4.69, 9.17) is 9.47 Å². The first-order valence-electron chi connectivity index (χ1n) is 21.6. The average molecular weight is 852 g/mol. The molecule has 0 spiro atoms. The number of hydrogen-bond donors (Lipinski definition) is 2. The number of benzene rings is 2. The van der Waals surface area contributed by atoms with Crippen LogP contribution in [0.5, 0.6) is 11.5 Å². The quantitative estimate of drug-likeness (QED) is 0.0780. The Morgan fingerprint density at radius 1 is 1.05 bits per heavy atom. The van der Waals surface area contributed by atoms with E-state index >= 15 is 0 Å². The number of pyridine rings is 1. The van der Waals surface area contributed by atoms with Gasteiger partial charge in [0.2, 0.25) is 0 Å². The lowest BCUT2D eigenvalue weighted by Crippen LogP contribution is -2.61. The van der Waals surface area contributed by atoms with Gasteiger partial charge >= 0.3 is 0 Å². The van der Waals surface area contributed by atoms with E-state index < -0.39 is 20.9 Å². The summed E-state index contributed by atoms with van der Waals surface area (Å²) in [6, 6.07) is 12.6. The van der Waals surface area contributed by atoms with E-state index in [1.165, 1.54) is 50.7 Å². The van der Waals surface area contributed by atoms with Crippen molar-refractivity contribution in [3.8, 4) is 11.5 Å². The number of nitro groups is 1. The number of H-pyrrole nitrogens is 1. The van der Waals surface area contributed by atoms with E-state index in [-0.39, 0.29) is 28.0 Å². The third-order valence-electron chi connectivity index (χ3n) is 14.0. The number of rotatable bonds is 13. The molecule has 2 aromatic carbocycles. The molecule has 61 heavy (non-hydrogen) atoms. The summed E-state index contributed by atoms with van der Waals surface area (Å²) in [4.78, 5) is 39.6. The zero-order chi connectivity index (χ0) is 42.7. The number of amides is 1. The predicted molar refractivity (Wildman–Crippen MR) is 234 cm³/mol. The van der Waals surface area contributed by atoms with E-state index in [2.05, 4.69) is 50.2 Å². The van der Waals surface area contributed by atoms with Gasteiger partial charge in [-0.05, 0) is 105 Å². The number of fused-ring (bicyclic) bond motifs is 1. The van der Waals surface area contributed by atoms with Gasteiger partial charge in [0, 0.05) is 80.8 Å². The van der Waals surface area contributed by atoms with Crippen molar-refractivity contribution in [1.82, 2.24) is 24.5 Å². The number of carbonyl (C=O) groups is 1. The normalized spacial score (nSPS) is 25.5. The third-order valence-corrected chi connectivity index (χ3v) is 15.3. The number of anilines is 1. The standard InChI is InChI=1S/C46H57N7O7S/c1-44(2)13-11-33(39(24-44)46-28-45(3,29-46)30-46)26-51-15-17-52(18-16-51)34-7-10-38(41(22-34)60-36-21-32-12-14-47-42(32)48-25-36)43(54)49-61(57,58)37-9-6-31(40(23-37)53(55)56)5-8-35-27-50(4)19-20-59-35/h6-7,9-10,12,14,21-23,25,35H,5,8,11,13,15-20,24,26-30H2,1-4H3,(H,47,48)(H,49,54)/t35-,45?,46?/m0/s1. The second-order valence-corrected chi connectivity index (χ2v) is 21.1. The third kappa shape index (κ3) is 8.54. The summed E-state index contributed by atoms with van der Waals surface area (Å²) in [5.41, 5.74) is 6.41. The lowest BCUT2D eigenvalue weighted by molar-refractivity contribution is -0.385. The number of allylic oxidation sites excluding steroid dienone is 1. The summed E-state index contributed by atoms with van der Waals surface area (Å²) in [5.74, 6) is -0.391. The van der Waals surface area contributed by atoms with Crippen LogP contribution < -0.4 is 14.4 Å². The molecule has 14 nitrogen and oxygen atoms in total. The molecule has 0 radical (unpaired) electrons. The van der Waals surface area contributed by atoms with Crippen LogP contribution >= 0.6 is 0 Å². The van der Waals surface area contributed by atoms with Crippen molar-refractivity contribution >= 4 is 38.3 Å². The van der Waals surface area contributed by atoms with Crippen LogP contribution in [0.25, 0.3) is 11.0 Å². The summed E-state index contributed by atoms with van der Waals surface area (Å²) in [6.07, 6.45) is 11.8. The molecule has 0 unspecified atom stereocenters. The second kappa shape index (κ2) is 15.8. The van der Waals surface area contributed by atoms with Gasteiger partial charge in [0.15, 0.2) is 0 Å². The van der Waals surface area contributed by atoms with Crippen molar-refractivity contribution < 1.29 is 27.6 Å². The molecule has 2 aliphatic heterocycles. The molecule has 6 aliphatic rings. The molecule has 15 heteroatoms. The molecule has 2 saturated heterocycles. The number of aryl methyl sites for hydroxylation is 1. The molecule has 10 rings (SSSR count). The van der Waals surface area contributed by atoms with Crippen molar-refractivity contribution in [2.45, 2.75) is 83.1 Å². The monoisotopic (exact) mass is 851 g/mol. The molecule has 2 aromatic heterocycles. The van der Waals surface area contributed by atoms with Gasteiger partial charge in [-0.2, -0.15) is 0 Å². The summed E-state index contributed by atoms with van der Waals surface area (Å²) < 4.78 is 41.7. The molecule has 4 aliphatic carbocycles. The van der Waals surface area contributed by atoms with Crippen LogP contribution in [0.2, 0.25) is 0 Å². The first-order valence-corrected chi connectivity index (χ1v) is 23.1. The number of nitrogens with one attached hydrogen (secondary N) is 2. The highest BCUT2D eigenvalue weighted by molar-refractivity contribution is 7.90. The second-order valence-electron chi connectivity index (χ2n) is 19.5. The molecule has 2 N–H and O–H groups in total. The number of morpholine rings is 1. The van der Waals surface area contributed by atoms with Crippen LogP contribution in [0.1, 0.15) is 81.6 Å². The van der Waals surface area contributed by atoms with Crippen LogP contribution in [-0.2, 0) is 21.2 Å². The fraction of sp³-hybridized carbons (Fsp3) is 0.522. The van der Waals surface area contributed by atoms with Crippen molar-refractivity contribution in [3.63, 3.8) is 0 Å². The maximum absolute atomic E-state index is 13.9. The number of nitro benzene ring substituents is 1. The number of carbonyl (C=O) groups excluding carboxylic acids is 1. The number of aromatic nitrogens is 2. The van der Waals surface area contributed by atoms with E-state index in [9.17, 15) is 23.3 Å². The minimum atomic E-state index is -4.53. The topological polar surface area (TPSA) is 163 Å². The Hall–Kier alpha value is -4.83. The number of hydrogen-bond acceptors (Lipinski definition) is 11. The Morgan fingerprint density at radius 2 is 1.84 bits per heavy atom. The van der Waals surface area contributed by atoms with Crippen molar-refractivity contribution in [1.29, 1.82) is 0 Å². The van der Waals surface area contributed by atoms with Crippen molar-refractivity contribution in [3.05, 3.63) is 93.3 Å². The minimum absolute atomic E-state index is 0.00847. The van der Waals surface area contributed by atoms with E-state index in [1.54, 1.807) is 41.7 Å². The molecular formula is C46H57N7O7S. The zero-order valence-electron chi connectivity index (χ0n) is 35.7. The first kappa shape index (κ1) is 41.5. The van der Waals surface area contributed by atoms with E-state index in [0.717, 1.165) is 56.4 Å². The SMILES string of the molecule is CN1CCO[C@@H](CCc2ccc(S(=O)(=O)NC(=O)c3ccc(N4CCN(CC5=C(C67CC(C)(C6)C7)CC(C)(C)CC5)CC4)cc3Oc3cnc4[nH]ccc4c3)cc2[N+](=O)[O-])C1. The molecule has 1 amide bonds. The fourth-order valence-electron chi connectivity index (χ4n) is 10.9. The first-order chi connectivity index (χ1) is 29.1. The highest BCUT2D eigenvalue weighted by Gasteiger charge is 2.66. The van der Waals surface area contributed by atoms with Gasteiger partial charge in [-0.3, -0.25) is 19.8 Å². The number of aromatic amines is 1. The smallest absolute Gasteiger partial charge is 0.273 e. The Labute approximate surface area is 357 Å². The van der Waals surface area contributed by atoms with Gasteiger partial charge in [0.1, 0.15) is 17.1 Å². The molecule has 1 atom stereocenters. The molecular weight excluding hydrogens is 795 g/mol. The molecule has 4 heterocycles. The van der Waals surface area contributed by atoms with Crippen LogP contribution in [0.3, 0.4) is 0 Å². The Balaban J connectivity index is 0.919. The number of likely N-dealkylation sites (N-methyl/N-ethyl adjacent to an activating group) is 1. The average Bonchev–Trinajstić information content (AvgIpc) is 3.67. The highest BCUT2D eigenvalue weighted by atomic mass is 32.2. The Kier molecular flexibility index (Phi) is 10.8. The predicted octanol–water partition coefficient (Wildman–Crippen LogP) is 7.46. The van der Waals surface area contributed by atoms with Gasteiger partial charge in [-0.1, -0.05) is 38.0 Å². The molecule has 5 fully saturated rings. The Bertz CT molecular complexity index is 2490. The summed E-state index contributed by atoms with van der Waals surface area (Å²) >= 11 is 0. The van der Waals surface area contributed by atoms with Crippen LogP contribution in [0, 0.1) is 26.4 Å². The maximum Gasteiger partial charge on any atom is 0.273 e. The van der Waals surface area contributed by atoms with Crippen LogP contribution in [0.15, 0.2) is 77.0 Å². The largest absolute Gasteiger partial charge is 0.455 e. The van der Waals surface area contributed by atoms with E-state index in [0.29, 0.717) is 59.2 Å². The van der Waals surface area contributed by atoms with Crippen molar-refractivity contribution in [2.24, 2.45) is 16.2 Å². The number of piperazine rings is 1. The number of nitrogens with zero attached hydrogens (tertiary/aromatic N) is 5. The Morgan fingerprint density at radius 3 is 2.57 bits per heavy atom. The van der Waals surface area contributed by atoms with Gasteiger partial charge in [0.25, 0.3) is 21.6 Å². The lowest BCUT2D eigenvalue weighted by atomic mass is 9.33. The minimum Gasteiger partial charge on any atom is -0.455 e. The molecule has 324 valence electrons. The number of sulfonamides is 1. The van der Waals surface area contributed by atoms with Gasteiger partial charge in [-0.25, -0.2) is 18.1 Å². The molecule has 2 bridgehead atoms. The zero-order valence-corrected chi connectivity index (χ0v) is 36.5. The highest BCUT2D eigenvalue weighted by Crippen LogP contribution is 2.77. The van der Waals surface area contributed by atoms with Gasteiger partial charge in [-0.15, -0.1) is 0 Å². The fourth-order valence-corrected chi connectivity index (χ4v) is 11.9.